The third-order valence-electron chi connectivity index (χ3n) is 4.54. The minimum atomic E-state index is -0.0277. The molecule has 1 aliphatic carbocycles. The number of hydrogen-bond acceptors (Lipinski definition) is 5. The van der Waals surface area contributed by atoms with Crippen LogP contribution in [0.25, 0.3) is 10.2 Å². The van der Waals surface area contributed by atoms with Gasteiger partial charge in [0.05, 0.1) is 16.9 Å². The minimum absolute atomic E-state index is 0.0277. The Morgan fingerprint density at radius 2 is 2.32 bits per heavy atom. The Kier molecular flexibility index (Phi) is 6.17. The molecular formula is C18H25N3O2S2. The van der Waals surface area contributed by atoms with Crippen molar-refractivity contribution < 1.29 is 4.79 Å². The molecule has 5 nitrogen and oxygen atoms in total. The number of nitrogens with one attached hydrogen (secondary N) is 2. The maximum Gasteiger partial charge on any atom is 0.259 e. The summed E-state index contributed by atoms with van der Waals surface area (Å²) in [4.78, 5) is 34.0. The minimum Gasteiger partial charge on any atom is -0.355 e. The number of unbranched alkanes of at least 4 members (excludes halogenated alkanes) is 1. The Morgan fingerprint density at radius 3 is 3.12 bits per heavy atom. The van der Waals surface area contributed by atoms with Crippen molar-refractivity contribution in [3.8, 4) is 0 Å². The van der Waals surface area contributed by atoms with Gasteiger partial charge in [-0.3, -0.25) is 9.59 Å². The molecule has 1 amide bonds. The predicted octanol–water partition coefficient (Wildman–Crippen LogP) is 3.26. The molecule has 1 aliphatic rings. The normalized spacial score (nSPS) is 16.8. The molecule has 0 aromatic carbocycles. The van der Waals surface area contributed by atoms with Gasteiger partial charge >= 0.3 is 0 Å². The first kappa shape index (κ1) is 18.5. The van der Waals surface area contributed by atoms with E-state index in [-0.39, 0.29) is 11.5 Å². The Bertz CT molecular complexity index is 812. The summed E-state index contributed by atoms with van der Waals surface area (Å²) in [5, 5.41) is 3.69. The quantitative estimate of drug-likeness (QED) is 0.724. The number of rotatable bonds is 7. The molecule has 0 aliphatic heterocycles. The van der Waals surface area contributed by atoms with Crippen LogP contribution in [0.3, 0.4) is 0 Å². The fraction of sp³-hybridized carbons (Fsp3) is 0.611. The summed E-state index contributed by atoms with van der Waals surface area (Å²) in [6.45, 7) is 5.09. The first-order valence-electron chi connectivity index (χ1n) is 8.96. The highest BCUT2D eigenvalue weighted by atomic mass is 32.2. The summed E-state index contributed by atoms with van der Waals surface area (Å²) in [6, 6.07) is 0. The summed E-state index contributed by atoms with van der Waals surface area (Å²) in [5.41, 5.74) is 1.18. The Morgan fingerprint density at radius 1 is 1.48 bits per heavy atom. The second-order valence-electron chi connectivity index (χ2n) is 6.74. The number of hydrogen-bond donors (Lipinski definition) is 2. The lowest BCUT2D eigenvalue weighted by atomic mass is 9.89. The third kappa shape index (κ3) is 4.44. The summed E-state index contributed by atoms with van der Waals surface area (Å²) in [5.74, 6) is 2.33. The summed E-state index contributed by atoms with van der Waals surface area (Å²) >= 11 is 3.15. The van der Waals surface area contributed by atoms with Crippen LogP contribution in [0.4, 0.5) is 0 Å². The van der Waals surface area contributed by atoms with Gasteiger partial charge in [0.1, 0.15) is 10.7 Å². The number of aromatic nitrogens is 2. The number of thioether (sulfide) groups is 1. The molecule has 2 N–H and O–H groups in total. The molecule has 7 heteroatoms. The molecule has 136 valence electrons. The number of fused-ring (bicyclic) bond motifs is 3. The zero-order chi connectivity index (χ0) is 17.8. The third-order valence-corrected chi connectivity index (χ3v) is 6.63. The average molecular weight is 380 g/mol. The molecular weight excluding hydrogens is 354 g/mol. The van der Waals surface area contributed by atoms with Crippen molar-refractivity contribution in [2.75, 3.05) is 12.3 Å². The number of H-pyrrole nitrogens is 1. The van der Waals surface area contributed by atoms with E-state index < -0.39 is 0 Å². The van der Waals surface area contributed by atoms with Gasteiger partial charge in [-0.2, -0.15) is 0 Å². The molecule has 2 aromatic rings. The van der Waals surface area contributed by atoms with Crippen molar-refractivity contribution in [2.45, 2.75) is 51.7 Å². The first-order chi connectivity index (χ1) is 12.1. The first-order valence-corrected chi connectivity index (χ1v) is 10.9. The second kappa shape index (κ2) is 8.36. The molecule has 1 atom stereocenters. The largest absolute Gasteiger partial charge is 0.355 e. The Balaban J connectivity index is 1.65. The van der Waals surface area contributed by atoms with Gasteiger partial charge in [-0.05, 0) is 37.2 Å². The van der Waals surface area contributed by atoms with E-state index >= 15 is 0 Å². The summed E-state index contributed by atoms with van der Waals surface area (Å²) in [7, 11) is 0. The standard InChI is InChI=1S/C18H25N3O2S2/c1-3-4-7-19-15(22)10-24-9-14-20-17(23)16-12-6-5-11(2)8-13(12)25-18(16)21-14/h11H,3-10H2,1-2H3,(H,19,22)(H,20,21,23)/t11-/m1/s1. The smallest absolute Gasteiger partial charge is 0.259 e. The van der Waals surface area contributed by atoms with Gasteiger partial charge in [0.25, 0.3) is 5.56 Å². The van der Waals surface area contributed by atoms with Gasteiger partial charge in [-0.1, -0.05) is 20.3 Å². The lowest BCUT2D eigenvalue weighted by Crippen LogP contribution is -2.26. The molecule has 0 fully saturated rings. The predicted molar refractivity (Wildman–Crippen MR) is 106 cm³/mol. The van der Waals surface area contributed by atoms with Crippen LogP contribution >= 0.6 is 23.1 Å². The van der Waals surface area contributed by atoms with Crippen LogP contribution in [-0.4, -0.2) is 28.2 Å². The number of carbonyl (C=O) groups excluding carboxylic acids is 1. The van der Waals surface area contributed by atoms with E-state index in [1.807, 2.05) is 0 Å². The second-order valence-corrected chi connectivity index (χ2v) is 8.81. The van der Waals surface area contributed by atoms with E-state index in [1.165, 1.54) is 22.2 Å². The molecule has 2 aromatic heterocycles. The number of nitrogens with zero attached hydrogens (tertiary/aromatic N) is 1. The molecule has 3 rings (SSSR count). The fourth-order valence-corrected chi connectivity index (χ4v) is 5.28. The van der Waals surface area contributed by atoms with Crippen molar-refractivity contribution >= 4 is 39.2 Å². The number of aromatic amines is 1. The van der Waals surface area contributed by atoms with Crippen LogP contribution in [0.15, 0.2) is 4.79 Å². The topological polar surface area (TPSA) is 74.8 Å². The number of thiophene rings is 1. The van der Waals surface area contributed by atoms with E-state index in [4.69, 9.17) is 0 Å². The zero-order valence-electron chi connectivity index (χ0n) is 14.8. The van der Waals surface area contributed by atoms with Crippen LogP contribution < -0.4 is 10.9 Å². The molecule has 0 saturated heterocycles. The molecule has 2 heterocycles. The van der Waals surface area contributed by atoms with Crippen LogP contribution in [0.2, 0.25) is 0 Å². The van der Waals surface area contributed by atoms with Crippen molar-refractivity contribution in [2.24, 2.45) is 5.92 Å². The summed E-state index contributed by atoms with van der Waals surface area (Å²) in [6.07, 6.45) is 5.25. The van der Waals surface area contributed by atoms with E-state index in [9.17, 15) is 9.59 Å². The van der Waals surface area contributed by atoms with Crippen molar-refractivity contribution in [1.82, 2.24) is 15.3 Å². The van der Waals surface area contributed by atoms with Gasteiger partial charge < -0.3 is 10.3 Å². The van der Waals surface area contributed by atoms with Gasteiger partial charge in [0.15, 0.2) is 0 Å². The van der Waals surface area contributed by atoms with Crippen molar-refractivity contribution in [3.05, 3.63) is 26.6 Å². The van der Waals surface area contributed by atoms with Crippen LogP contribution in [0, 0.1) is 5.92 Å². The maximum atomic E-state index is 12.5. The number of amides is 1. The molecule has 0 bridgehead atoms. The molecule has 0 saturated carbocycles. The van der Waals surface area contributed by atoms with Gasteiger partial charge in [0, 0.05) is 11.4 Å². The Labute approximate surface area is 156 Å². The fourth-order valence-electron chi connectivity index (χ4n) is 3.16. The number of aryl methyl sites for hydroxylation is 1. The lowest BCUT2D eigenvalue weighted by molar-refractivity contribution is -0.118. The highest BCUT2D eigenvalue weighted by Gasteiger charge is 2.22. The SMILES string of the molecule is CCCCNC(=O)CSCc1nc2sc3c(c2c(=O)[nH]1)CC[C@@H](C)C3. The van der Waals surface area contributed by atoms with E-state index in [1.54, 1.807) is 11.3 Å². The molecule has 0 spiro atoms. The highest BCUT2D eigenvalue weighted by Crippen LogP contribution is 2.35. The monoisotopic (exact) mass is 379 g/mol. The average Bonchev–Trinajstić information content (AvgIpc) is 2.92. The van der Waals surface area contributed by atoms with Crippen LogP contribution in [0.5, 0.6) is 0 Å². The van der Waals surface area contributed by atoms with E-state index in [0.29, 0.717) is 23.2 Å². The Hall–Kier alpha value is -1.34. The lowest BCUT2D eigenvalue weighted by Gasteiger charge is -2.17. The summed E-state index contributed by atoms with van der Waals surface area (Å²) < 4.78 is 0. The zero-order valence-corrected chi connectivity index (χ0v) is 16.4. The number of carbonyl (C=O) groups is 1. The van der Waals surface area contributed by atoms with Crippen molar-refractivity contribution in [1.29, 1.82) is 0 Å². The maximum absolute atomic E-state index is 12.5. The van der Waals surface area contributed by atoms with E-state index in [0.717, 1.165) is 48.9 Å². The van der Waals surface area contributed by atoms with Gasteiger partial charge in [-0.15, -0.1) is 23.1 Å². The van der Waals surface area contributed by atoms with Gasteiger partial charge in [-0.25, -0.2) is 4.98 Å². The van der Waals surface area contributed by atoms with E-state index in [2.05, 4.69) is 29.1 Å². The molecule has 0 unspecified atom stereocenters. The van der Waals surface area contributed by atoms with Gasteiger partial charge in [0.2, 0.25) is 5.91 Å². The van der Waals surface area contributed by atoms with Crippen molar-refractivity contribution in [3.63, 3.8) is 0 Å². The van der Waals surface area contributed by atoms with Crippen LogP contribution in [0.1, 0.15) is 49.4 Å². The van der Waals surface area contributed by atoms with Crippen LogP contribution in [-0.2, 0) is 23.4 Å². The molecule has 0 radical (unpaired) electrons. The molecule has 25 heavy (non-hydrogen) atoms. The highest BCUT2D eigenvalue weighted by molar-refractivity contribution is 7.99.